The summed E-state index contributed by atoms with van der Waals surface area (Å²) in [5.74, 6) is 2.48. The van der Waals surface area contributed by atoms with Crippen molar-refractivity contribution < 1.29 is 5.11 Å². The van der Waals surface area contributed by atoms with Crippen molar-refractivity contribution in [1.82, 2.24) is 14.8 Å². The number of aryl methyl sites for hydroxylation is 1. The van der Waals surface area contributed by atoms with Crippen LogP contribution in [0.4, 0.5) is 0 Å². The normalized spacial score (nSPS) is 17.0. The molecule has 0 saturated heterocycles. The number of aromatic nitrogens is 3. The number of hydrogen-bond donors (Lipinski definition) is 1. The van der Waals surface area contributed by atoms with Gasteiger partial charge in [0, 0.05) is 6.42 Å². The molecule has 3 rings (SSSR count). The van der Waals surface area contributed by atoms with Crippen LogP contribution in [-0.4, -0.2) is 26.5 Å². The molecule has 1 aromatic carbocycles. The molecule has 1 fully saturated rings. The average molecular weight is 327 g/mol. The van der Waals surface area contributed by atoms with Crippen molar-refractivity contribution in [3.8, 4) is 0 Å². The van der Waals surface area contributed by atoms with Gasteiger partial charge in [-0.05, 0) is 36.3 Å². The predicted molar refractivity (Wildman–Crippen MR) is 96.1 cm³/mol. The molecule has 1 N–H and O–H groups in total. The third-order valence-electron chi connectivity index (χ3n) is 5.34. The van der Waals surface area contributed by atoms with Crippen molar-refractivity contribution in [1.29, 1.82) is 0 Å². The Morgan fingerprint density at radius 2 is 1.83 bits per heavy atom. The highest BCUT2D eigenvalue weighted by atomic mass is 16.3. The van der Waals surface area contributed by atoms with Crippen LogP contribution in [0.5, 0.6) is 0 Å². The quantitative estimate of drug-likeness (QED) is 0.807. The maximum atomic E-state index is 9.83. The smallest absolute Gasteiger partial charge is 0.151 e. The van der Waals surface area contributed by atoms with Crippen LogP contribution in [0, 0.1) is 5.92 Å². The zero-order valence-corrected chi connectivity index (χ0v) is 15.1. The van der Waals surface area contributed by atoms with E-state index in [0.717, 1.165) is 50.3 Å². The molecule has 1 heterocycles. The van der Waals surface area contributed by atoms with Crippen LogP contribution in [0.15, 0.2) is 24.3 Å². The van der Waals surface area contributed by atoms with Gasteiger partial charge in [0.2, 0.25) is 0 Å². The van der Waals surface area contributed by atoms with Crippen molar-refractivity contribution >= 4 is 0 Å². The lowest BCUT2D eigenvalue weighted by Gasteiger charge is -2.13. The summed E-state index contributed by atoms with van der Waals surface area (Å²) in [6.07, 6.45) is 5.13. The van der Waals surface area contributed by atoms with E-state index in [0.29, 0.717) is 5.92 Å². The summed E-state index contributed by atoms with van der Waals surface area (Å²) in [5.41, 5.74) is 2.44. The van der Waals surface area contributed by atoms with Crippen molar-refractivity contribution in [2.45, 2.75) is 64.8 Å². The van der Waals surface area contributed by atoms with Gasteiger partial charge in [-0.3, -0.25) is 0 Å². The van der Waals surface area contributed by atoms with E-state index in [2.05, 4.69) is 45.0 Å². The van der Waals surface area contributed by atoms with E-state index in [9.17, 15) is 5.11 Å². The highest BCUT2D eigenvalue weighted by Crippen LogP contribution is 2.47. The fraction of sp³-hybridized carbons (Fsp3) is 0.600. The van der Waals surface area contributed by atoms with Gasteiger partial charge >= 0.3 is 0 Å². The van der Waals surface area contributed by atoms with Crippen LogP contribution < -0.4 is 0 Å². The first-order valence-electron chi connectivity index (χ1n) is 9.23. The Labute approximate surface area is 144 Å². The molecule has 1 aliphatic carbocycles. The SMILES string of the molecule is CCc1ccc(Cn2nc(C[C@@H](C)CC)nc2C2(CO)CC2)cc1. The molecule has 0 amide bonds. The van der Waals surface area contributed by atoms with Crippen LogP contribution in [-0.2, 0) is 24.8 Å². The molecule has 2 aromatic rings. The molecule has 1 atom stereocenters. The molecule has 1 aliphatic rings. The van der Waals surface area contributed by atoms with E-state index >= 15 is 0 Å². The molecule has 0 aliphatic heterocycles. The van der Waals surface area contributed by atoms with E-state index < -0.39 is 0 Å². The fourth-order valence-corrected chi connectivity index (χ4v) is 3.09. The molecule has 4 heteroatoms. The molecular weight excluding hydrogens is 298 g/mol. The number of hydrogen-bond acceptors (Lipinski definition) is 3. The lowest BCUT2D eigenvalue weighted by Crippen LogP contribution is -2.20. The number of benzene rings is 1. The zero-order valence-electron chi connectivity index (χ0n) is 15.1. The van der Waals surface area contributed by atoms with E-state index in [1.54, 1.807) is 0 Å². The third-order valence-corrected chi connectivity index (χ3v) is 5.34. The van der Waals surface area contributed by atoms with Gasteiger partial charge in [-0.1, -0.05) is 51.5 Å². The van der Waals surface area contributed by atoms with Gasteiger partial charge in [0.1, 0.15) is 5.82 Å². The second-order valence-electron chi connectivity index (χ2n) is 7.34. The zero-order chi connectivity index (χ0) is 17.2. The number of nitrogens with zero attached hydrogens (tertiary/aromatic N) is 3. The van der Waals surface area contributed by atoms with E-state index in [-0.39, 0.29) is 12.0 Å². The van der Waals surface area contributed by atoms with Crippen LogP contribution in [0.25, 0.3) is 0 Å². The van der Waals surface area contributed by atoms with Crippen LogP contribution in [0.1, 0.15) is 62.8 Å². The highest BCUT2D eigenvalue weighted by molar-refractivity contribution is 5.25. The van der Waals surface area contributed by atoms with Gasteiger partial charge in [0.25, 0.3) is 0 Å². The summed E-state index contributed by atoms with van der Waals surface area (Å²) in [6, 6.07) is 8.73. The Balaban J connectivity index is 1.86. The second kappa shape index (κ2) is 7.06. The van der Waals surface area contributed by atoms with E-state index in [4.69, 9.17) is 10.1 Å². The lowest BCUT2D eigenvalue weighted by atomic mass is 10.1. The summed E-state index contributed by atoms with van der Waals surface area (Å²) in [6.45, 7) is 7.51. The van der Waals surface area contributed by atoms with Gasteiger partial charge in [-0.2, -0.15) is 5.10 Å². The summed E-state index contributed by atoms with van der Waals surface area (Å²) in [4.78, 5) is 4.82. The lowest BCUT2D eigenvalue weighted by molar-refractivity contribution is 0.246. The van der Waals surface area contributed by atoms with Gasteiger partial charge in [0.05, 0.1) is 18.6 Å². The molecule has 130 valence electrons. The molecule has 1 saturated carbocycles. The Kier molecular flexibility index (Phi) is 5.04. The van der Waals surface area contributed by atoms with E-state index in [1.165, 1.54) is 11.1 Å². The Hall–Kier alpha value is -1.68. The topological polar surface area (TPSA) is 50.9 Å². The van der Waals surface area contributed by atoms with Gasteiger partial charge < -0.3 is 5.11 Å². The molecular formula is C20H29N3O. The summed E-state index contributed by atoms with van der Waals surface area (Å²) >= 11 is 0. The first kappa shape index (κ1) is 17.2. The van der Waals surface area contributed by atoms with Crippen molar-refractivity contribution in [3.05, 3.63) is 47.0 Å². The predicted octanol–water partition coefficient (Wildman–Crippen LogP) is 3.50. The maximum Gasteiger partial charge on any atom is 0.151 e. The summed E-state index contributed by atoms with van der Waals surface area (Å²) in [5, 5.41) is 14.6. The number of aliphatic hydroxyl groups is 1. The molecule has 4 nitrogen and oxygen atoms in total. The molecule has 1 aromatic heterocycles. The van der Waals surface area contributed by atoms with Crippen molar-refractivity contribution in [2.24, 2.45) is 5.92 Å². The molecule has 24 heavy (non-hydrogen) atoms. The average Bonchev–Trinajstić information content (AvgIpc) is 3.31. The molecule has 0 unspecified atom stereocenters. The molecule has 0 bridgehead atoms. The minimum atomic E-state index is -0.149. The minimum Gasteiger partial charge on any atom is -0.395 e. The molecule has 0 spiro atoms. The van der Waals surface area contributed by atoms with Crippen LogP contribution in [0.2, 0.25) is 0 Å². The van der Waals surface area contributed by atoms with Crippen molar-refractivity contribution in [3.63, 3.8) is 0 Å². The first-order chi connectivity index (χ1) is 11.6. The Morgan fingerprint density at radius 1 is 1.17 bits per heavy atom. The van der Waals surface area contributed by atoms with Crippen LogP contribution >= 0.6 is 0 Å². The fourth-order valence-electron chi connectivity index (χ4n) is 3.09. The van der Waals surface area contributed by atoms with E-state index in [1.807, 2.05) is 4.68 Å². The summed E-state index contributed by atoms with van der Waals surface area (Å²) < 4.78 is 2.03. The number of aliphatic hydroxyl groups excluding tert-OH is 1. The van der Waals surface area contributed by atoms with Gasteiger partial charge in [0.15, 0.2) is 5.82 Å². The minimum absolute atomic E-state index is 0.149. The highest BCUT2D eigenvalue weighted by Gasteiger charge is 2.48. The maximum absolute atomic E-state index is 9.83. The molecule has 0 radical (unpaired) electrons. The Bertz CT molecular complexity index is 671. The Morgan fingerprint density at radius 3 is 2.38 bits per heavy atom. The second-order valence-corrected chi connectivity index (χ2v) is 7.34. The monoisotopic (exact) mass is 327 g/mol. The number of rotatable bonds is 8. The third kappa shape index (κ3) is 3.54. The van der Waals surface area contributed by atoms with Crippen molar-refractivity contribution in [2.75, 3.05) is 6.61 Å². The van der Waals surface area contributed by atoms with Gasteiger partial charge in [-0.15, -0.1) is 0 Å². The first-order valence-corrected chi connectivity index (χ1v) is 9.23. The van der Waals surface area contributed by atoms with Gasteiger partial charge in [-0.25, -0.2) is 9.67 Å². The summed E-state index contributed by atoms with van der Waals surface area (Å²) in [7, 11) is 0. The standard InChI is InChI=1S/C20H29N3O/c1-4-15(3)12-18-21-19(20(14-24)10-11-20)23(22-18)13-17-8-6-16(5-2)7-9-17/h6-9,15,24H,4-5,10-14H2,1-3H3/t15-/m0/s1. The largest absolute Gasteiger partial charge is 0.395 e. The van der Waals surface area contributed by atoms with Crippen LogP contribution in [0.3, 0.4) is 0 Å².